The number of furan rings is 2. The van der Waals surface area contributed by atoms with Crippen molar-refractivity contribution in [2.75, 3.05) is 0 Å². The maximum atomic E-state index is 6.41. The summed E-state index contributed by atoms with van der Waals surface area (Å²) in [6.07, 6.45) is 0. The normalized spacial score (nSPS) is 12.0. The summed E-state index contributed by atoms with van der Waals surface area (Å²) in [5, 5.41) is 14.3. The minimum absolute atomic E-state index is 0.894. The summed E-state index contributed by atoms with van der Waals surface area (Å²) < 4.78 is 22.4. The van der Waals surface area contributed by atoms with E-state index >= 15 is 0 Å². The minimum Gasteiger partial charge on any atom is -0.456 e. The molecule has 0 radical (unpaired) electrons. The first-order valence-electron chi connectivity index (χ1n) is 39.1. The summed E-state index contributed by atoms with van der Waals surface area (Å²) in [5.41, 5.74) is 33.7. The van der Waals surface area contributed by atoms with Crippen LogP contribution in [-0.2, 0) is 0 Å². The number of nitrogens with zero attached hydrogens (tertiary/aromatic N) is 4. The van der Waals surface area contributed by atoms with Crippen LogP contribution in [0.5, 0.6) is 0 Å². The molecular weight excluding hydrogens is 1390 g/mol. The number of aromatic nitrogens is 4. The van der Waals surface area contributed by atoms with Gasteiger partial charge in [-0.25, -0.2) is 0 Å². The highest BCUT2D eigenvalue weighted by Crippen LogP contribution is 2.46. The van der Waals surface area contributed by atoms with E-state index in [1.54, 1.807) is 0 Å². The second-order valence-corrected chi connectivity index (χ2v) is 30.3. The first-order chi connectivity index (χ1) is 56.5. The molecule has 0 saturated heterocycles. The summed E-state index contributed by atoms with van der Waals surface area (Å²) in [6.45, 7) is 0. The predicted molar refractivity (Wildman–Crippen MR) is 476 cm³/mol. The Morgan fingerprint density at radius 2 is 0.447 bits per heavy atom. The first-order valence-corrected chi connectivity index (χ1v) is 39.1. The zero-order chi connectivity index (χ0) is 74.6. The van der Waals surface area contributed by atoms with Gasteiger partial charge in [-0.2, -0.15) is 0 Å². The van der Waals surface area contributed by atoms with E-state index in [0.717, 1.165) is 133 Å². The SMILES string of the molecule is c1ccc(-c2cccc(-c3ccc4c(c3)c3ccc(-c5ccc(-c6cccc(-c7ccc8c(c7)c7ccccc7n8-c7ccc(-c8ccc(-n9c%10ccccc%10c%10cc%11c(cc%109)oc9ccccc9%11)cc8)cc7)c6)cc5)cc3n4-c3ccc(-c4ccc(-n5c6ccccc6c6c7c(ccc65)oc5ccccc57)cc4)cc3)c2)cc1. The maximum absolute atomic E-state index is 6.41. The molecule has 6 heterocycles. The Balaban J connectivity index is 0.529. The summed E-state index contributed by atoms with van der Waals surface area (Å²) in [6, 6.07) is 147. The summed E-state index contributed by atoms with van der Waals surface area (Å²) in [4.78, 5) is 0. The molecular formula is C108H66N4O2. The van der Waals surface area contributed by atoms with Crippen LogP contribution in [0.25, 0.3) is 232 Å². The van der Waals surface area contributed by atoms with Gasteiger partial charge in [0.05, 0.1) is 44.1 Å². The van der Waals surface area contributed by atoms with Gasteiger partial charge >= 0.3 is 0 Å². The second kappa shape index (κ2) is 25.2. The Hall–Kier alpha value is -15.2. The number of benzene rings is 18. The van der Waals surface area contributed by atoms with Crippen LogP contribution >= 0.6 is 0 Å². The molecule has 18 aromatic carbocycles. The van der Waals surface area contributed by atoms with Crippen LogP contribution in [0.2, 0.25) is 0 Å². The van der Waals surface area contributed by atoms with Crippen molar-refractivity contribution in [2.24, 2.45) is 0 Å². The minimum atomic E-state index is 0.894. The van der Waals surface area contributed by atoms with Crippen LogP contribution < -0.4 is 0 Å². The Bertz CT molecular complexity index is 8040. The third-order valence-electron chi connectivity index (χ3n) is 24.0. The summed E-state index contributed by atoms with van der Waals surface area (Å²) >= 11 is 0. The molecule has 530 valence electrons. The Morgan fingerprint density at radius 3 is 0.982 bits per heavy atom. The van der Waals surface area contributed by atoms with Crippen molar-refractivity contribution >= 4 is 131 Å². The lowest BCUT2D eigenvalue weighted by atomic mass is 9.96. The van der Waals surface area contributed by atoms with E-state index in [9.17, 15) is 0 Å². The standard InChI is InChI=1S/C108H66N4O2/c1-2-16-67(17-3-1)74-18-14-20-76(60-74)79-46-57-99-92(63-79)87-55-44-80(64-101(87)112(99)84-53-42-71(43-54-84)69-38-49-82(50-39-69)110-97-29-11-6-25-89(97)107-100(110)58-59-105-108(107)90-26-8-13-31-104(90)113-105)73-34-32-72(33-35-73)75-19-15-21-77(61-75)78-45-56-98-91(62-78)85-22-4-9-27-95(85)109(98)81-47-36-68(37-48-81)70-40-51-83(52-41-70)111-96-28-10-5-23-86(96)93-65-94-88-24-7-12-30-103(88)114-106(94)66-102(93)111/h1-66H. The topological polar surface area (TPSA) is 46.0 Å². The molecule has 114 heavy (non-hydrogen) atoms. The lowest BCUT2D eigenvalue weighted by Crippen LogP contribution is -1.95. The van der Waals surface area contributed by atoms with Gasteiger partial charge in [0.1, 0.15) is 22.3 Å². The average Bonchev–Trinajstić information content (AvgIpc) is 1.53. The Labute approximate surface area is 655 Å². The van der Waals surface area contributed by atoms with Crippen LogP contribution in [0.3, 0.4) is 0 Å². The van der Waals surface area contributed by atoms with Gasteiger partial charge in [0.2, 0.25) is 0 Å². The third-order valence-corrected chi connectivity index (χ3v) is 24.0. The van der Waals surface area contributed by atoms with Crippen LogP contribution in [0.1, 0.15) is 0 Å². The fraction of sp³-hybridized carbons (Fsp3) is 0. The number of fused-ring (bicyclic) bond motifs is 19. The van der Waals surface area contributed by atoms with E-state index < -0.39 is 0 Å². The highest BCUT2D eigenvalue weighted by Gasteiger charge is 2.23. The average molecular weight is 1450 g/mol. The number of para-hydroxylation sites is 5. The molecule has 0 aliphatic rings. The number of hydrogen-bond donors (Lipinski definition) is 0. The number of rotatable bonds is 11. The van der Waals surface area contributed by atoms with Crippen LogP contribution in [0, 0.1) is 0 Å². The lowest BCUT2D eigenvalue weighted by molar-refractivity contribution is 0.669. The third kappa shape index (κ3) is 10.0. The van der Waals surface area contributed by atoms with E-state index in [1.165, 1.54) is 98.6 Å². The van der Waals surface area contributed by atoms with E-state index in [-0.39, 0.29) is 0 Å². The summed E-state index contributed by atoms with van der Waals surface area (Å²) in [7, 11) is 0. The zero-order valence-electron chi connectivity index (χ0n) is 61.7. The first kappa shape index (κ1) is 63.7. The highest BCUT2D eigenvalue weighted by molar-refractivity contribution is 6.27. The monoisotopic (exact) mass is 1450 g/mol. The van der Waals surface area contributed by atoms with Crippen LogP contribution in [-0.4, -0.2) is 18.3 Å². The van der Waals surface area contributed by atoms with Crippen molar-refractivity contribution in [1.29, 1.82) is 0 Å². The fourth-order valence-electron chi connectivity index (χ4n) is 18.6. The fourth-order valence-corrected chi connectivity index (χ4v) is 18.6. The van der Waals surface area contributed by atoms with Crippen LogP contribution in [0.4, 0.5) is 0 Å². The van der Waals surface area contributed by atoms with Crippen molar-refractivity contribution in [3.05, 3.63) is 400 Å². The van der Waals surface area contributed by atoms with Crippen LogP contribution in [0.15, 0.2) is 409 Å². The Morgan fingerprint density at radius 1 is 0.132 bits per heavy atom. The molecule has 0 N–H and O–H groups in total. The quantitative estimate of drug-likeness (QED) is 0.130. The van der Waals surface area contributed by atoms with E-state index in [4.69, 9.17) is 8.83 Å². The van der Waals surface area contributed by atoms with Gasteiger partial charge in [-0.1, -0.05) is 255 Å². The molecule has 0 aliphatic carbocycles. The Kier molecular flexibility index (Phi) is 14.0. The molecule has 24 aromatic rings. The van der Waals surface area contributed by atoms with Crippen molar-refractivity contribution in [2.45, 2.75) is 0 Å². The highest BCUT2D eigenvalue weighted by atomic mass is 16.3. The molecule has 6 heteroatoms. The summed E-state index contributed by atoms with van der Waals surface area (Å²) in [5.74, 6) is 0. The van der Waals surface area contributed by atoms with Gasteiger partial charge in [-0.15, -0.1) is 0 Å². The smallest absolute Gasteiger partial charge is 0.137 e. The van der Waals surface area contributed by atoms with Crippen molar-refractivity contribution < 1.29 is 8.83 Å². The molecule has 0 spiro atoms. The van der Waals surface area contributed by atoms with E-state index in [2.05, 4.69) is 400 Å². The van der Waals surface area contributed by atoms with Gasteiger partial charge in [-0.05, 0) is 217 Å². The lowest BCUT2D eigenvalue weighted by Gasteiger charge is -2.12. The molecule has 0 amide bonds. The molecule has 0 bridgehead atoms. The zero-order valence-corrected chi connectivity index (χ0v) is 61.7. The van der Waals surface area contributed by atoms with Gasteiger partial charge < -0.3 is 27.1 Å². The molecule has 6 aromatic heterocycles. The molecule has 0 aliphatic heterocycles. The van der Waals surface area contributed by atoms with Crippen molar-refractivity contribution in [1.82, 2.24) is 18.3 Å². The molecule has 0 fully saturated rings. The molecule has 24 rings (SSSR count). The van der Waals surface area contributed by atoms with E-state index in [1.807, 2.05) is 18.2 Å². The van der Waals surface area contributed by atoms with Crippen molar-refractivity contribution in [3.63, 3.8) is 0 Å². The number of hydrogen-bond acceptors (Lipinski definition) is 2. The largest absolute Gasteiger partial charge is 0.456 e. The molecule has 0 atom stereocenters. The molecule has 0 unspecified atom stereocenters. The van der Waals surface area contributed by atoms with Gasteiger partial charge in [0, 0.05) is 93.5 Å². The van der Waals surface area contributed by atoms with Crippen molar-refractivity contribution in [3.8, 4) is 101 Å². The predicted octanol–water partition coefficient (Wildman–Crippen LogP) is 29.5. The van der Waals surface area contributed by atoms with E-state index in [0.29, 0.717) is 0 Å². The van der Waals surface area contributed by atoms with Gasteiger partial charge in [0.15, 0.2) is 0 Å². The van der Waals surface area contributed by atoms with Gasteiger partial charge in [0.25, 0.3) is 0 Å². The maximum Gasteiger partial charge on any atom is 0.137 e. The second-order valence-electron chi connectivity index (χ2n) is 30.3. The molecule has 0 saturated carbocycles. The van der Waals surface area contributed by atoms with Gasteiger partial charge in [-0.3, -0.25) is 0 Å². The molecule has 6 nitrogen and oxygen atoms in total.